The van der Waals surface area contributed by atoms with Crippen LogP contribution in [0.1, 0.15) is 54.0 Å². The van der Waals surface area contributed by atoms with E-state index in [-0.39, 0.29) is 12.0 Å². The number of nitrogens with two attached hydrogens (primary N) is 1. The molecular weight excluding hydrogens is 359 g/mol. The maximum atomic E-state index is 15.2. The highest BCUT2D eigenvalue weighted by Crippen LogP contribution is 2.42. The van der Waals surface area contributed by atoms with E-state index in [0.717, 1.165) is 36.7 Å². The van der Waals surface area contributed by atoms with E-state index in [1.54, 1.807) is 6.92 Å². The second kappa shape index (κ2) is 5.78. The molecule has 2 aromatic heterocycles. The predicted octanol–water partition coefficient (Wildman–Crippen LogP) is 2.33. The Morgan fingerprint density at radius 1 is 1.25 bits per heavy atom. The van der Waals surface area contributed by atoms with Crippen LogP contribution in [0.2, 0.25) is 0 Å². The van der Waals surface area contributed by atoms with Crippen molar-refractivity contribution in [3.8, 4) is 11.1 Å². The molecule has 1 fully saturated rings. The molecule has 1 saturated carbocycles. The summed E-state index contributed by atoms with van der Waals surface area (Å²) in [6.07, 6.45) is 2.90. The molecule has 1 unspecified atom stereocenters. The molecule has 1 aliphatic carbocycles. The first-order valence-corrected chi connectivity index (χ1v) is 9.50. The second-order valence-electron chi connectivity index (χ2n) is 7.86. The van der Waals surface area contributed by atoms with Crippen LogP contribution >= 0.6 is 0 Å². The number of nitrogens with one attached hydrogen (secondary N) is 1. The number of aryl methyl sites for hydroxylation is 1. The van der Waals surface area contributed by atoms with Gasteiger partial charge >= 0.3 is 5.69 Å². The summed E-state index contributed by atoms with van der Waals surface area (Å²) in [5.74, 6) is 5.24. The van der Waals surface area contributed by atoms with Crippen molar-refractivity contribution in [2.75, 3.05) is 5.84 Å². The van der Waals surface area contributed by atoms with Crippen LogP contribution in [0.3, 0.4) is 0 Å². The third kappa shape index (κ3) is 2.29. The maximum absolute atomic E-state index is 15.2. The number of benzene rings is 1. The van der Waals surface area contributed by atoms with Gasteiger partial charge in [0, 0.05) is 23.7 Å². The number of hydrogen-bond acceptors (Lipinski definition) is 4. The summed E-state index contributed by atoms with van der Waals surface area (Å²) in [5.41, 5.74) is 3.90. The Morgan fingerprint density at radius 3 is 2.71 bits per heavy atom. The fraction of sp³-hybridized carbons (Fsp3) is 0.333. The molecule has 6 nitrogen and oxygen atoms in total. The number of nitrogens with zero attached hydrogens (tertiary/aromatic N) is 2. The molecule has 1 atom stereocenters. The monoisotopic (exact) mass is 380 g/mol. The van der Waals surface area contributed by atoms with Crippen LogP contribution in [-0.4, -0.2) is 9.08 Å². The van der Waals surface area contributed by atoms with Crippen molar-refractivity contribution < 1.29 is 4.39 Å². The van der Waals surface area contributed by atoms with Gasteiger partial charge in [-0.2, -0.15) is 4.68 Å². The summed E-state index contributed by atoms with van der Waals surface area (Å²) < 4.78 is 16.9. The van der Waals surface area contributed by atoms with E-state index < -0.39 is 17.1 Å². The van der Waals surface area contributed by atoms with Gasteiger partial charge in [0.15, 0.2) is 0 Å². The number of pyridine rings is 1. The highest BCUT2D eigenvalue weighted by molar-refractivity contribution is 5.78. The molecule has 2 aliphatic rings. The fourth-order valence-corrected chi connectivity index (χ4v) is 4.44. The van der Waals surface area contributed by atoms with Crippen molar-refractivity contribution >= 4 is 5.52 Å². The minimum absolute atomic E-state index is 0.0694. The van der Waals surface area contributed by atoms with Gasteiger partial charge in [-0.1, -0.05) is 12.1 Å². The Bertz CT molecular complexity index is 1270. The highest BCUT2D eigenvalue weighted by Gasteiger charge is 2.32. The van der Waals surface area contributed by atoms with E-state index >= 15 is 4.39 Å². The lowest BCUT2D eigenvalue weighted by atomic mass is 9.94. The lowest BCUT2D eigenvalue weighted by Gasteiger charge is -2.16. The molecule has 0 bridgehead atoms. The van der Waals surface area contributed by atoms with Crippen LogP contribution in [-0.2, 0) is 6.54 Å². The molecular formula is C21H21FN4O2. The summed E-state index contributed by atoms with van der Waals surface area (Å²) in [5, 5.41) is 3.38. The molecule has 0 saturated heterocycles. The van der Waals surface area contributed by atoms with Gasteiger partial charge in [-0.15, -0.1) is 0 Å². The van der Waals surface area contributed by atoms with Gasteiger partial charge in [-0.05, 0) is 60.9 Å². The lowest BCUT2D eigenvalue weighted by Crippen LogP contribution is -2.44. The van der Waals surface area contributed by atoms with E-state index in [2.05, 4.69) is 12.2 Å². The Morgan fingerprint density at radius 2 is 2.00 bits per heavy atom. The van der Waals surface area contributed by atoms with E-state index in [1.165, 1.54) is 9.96 Å². The molecule has 7 heteroatoms. The van der Waals surface area contributed by atoms with Crippen LogP contribution in [0, 0.1) is 12.7 Å². The van der Waals surface area contributed by atoms with Crippen molar-refractivity contribution in [1.29, 1.82) is 0 Å². The van der Waals surface area contributed by atoms with Crippen molar-refractivity contribution in [3.63, 3.8) is 0 Å². The molecule has 28 heavy (non-hydrogen) atoms. The van der Waals surface area contributed by atoms with Crippen LogP contribution < -0.4 is 22.4 Å². The summed E-state index contributed by atoms with van der Waals surface area (Å²) in [6.45, 7) is 4.61. The third-order valence-electron chi connectivity index (χ3n) is 6.05. The average Bonchev–Trinajstić information content (AvgIpc) is 3.44. The minimum atomic E-state index is -0.732. The molecule has 144 valence electrons. The van der Waals surface area contributed by atoms with E-state index in [9.17, 15) is 9.59 Å². The molecule has 5 rings (SSSR count). The number of aromatic nitrogens is 2. The van der Waals surface area contributed by atoms with Gasteiger partial charge < -0.3 is 11.2 Å². The first-order valence-electron chi connectivity index (χ1n) is 9.50. The Labute approximate surface area is 160 Å². The predicted molar refractivity (Wildman–Crippen MR) is 105 cm³/mol. The van der Waals surface area contributed by atoms with Crippen LogP contribution in [0.15, 0.2) is 34.0 Å². The molecule has 1 aromatic carbocycles. The van der Waals surface area contributed by atoms with Gasteiger partial charge in [-0.3, -0.25) is 9.20 Å². The average molecular weight is 380 g/mol. The molecule has 3 heterocycles. The number of nitrogen functional groups attached to an aromatic ring is 1. The summed E-state index contributed by atoms with van der Waals surface area (Å²) in [4.78, 5) is 25.2. The van der Waals surface area contributed by atoms with Crippen LogP contribution in [0.25, 0.3) is 16.6 Å². The molecule has 0 spiro atoms. The van der Waals surface area contributed by atoms with Crippen LogP contribution in [0.5, 0.6) is 0 Å². The largest absolute Gasteiger partial charge is 0.354 e. The van der Waals surface area contributed by atoms with Gasteiger partial charge in [0.2, 0.25) is 0 Å². The highest BCUT2D eigenvalue weighted by atomic mass is 19.1. The first-order chi connectivity index (χ1) is 13.4. The first kappa shape index (κ1) is 17.2. The maximum Gasteiger partial charge on any atom is 0.354 e. The SMILES string of the molecule is Cc1c(-c2ccc3c(c2)CNC3C)c(F)cn2c(=O)n(N)c(=O)c(C3CC3)c12. The van der Waals surface area contributed by atoms with Crippen molar-refractivity contribution in [3.05, 3.63) is 73.3 Å². The third-order valence-corrected chi connectivity index (χ3v) is 6.05. The standard InChI is InChI=1S/C21H21FN4O2/c1-10-17(13-5-6-15-11(2)24-8-14(15)7-13)16(22)9-25-19(10)18(12-3-4-12)20(27)26(23)21(25)28/h5-7,9,11-12,24H,3-4,8,23H2,1-2H3. The fourth-order valence-electron chi connectivity index (χ4n) is 4.44. The van der Waals surface area contributed by atoms with E-state index in [4.69, 9.17) is 5.84 Å². The normalized spacial score (nSPS) is 18.6. The van der Waals surface area contributed by atoms with Crippen molar-refractivity contribution in [2.24, 2.45) is 0 Å². The van der Waals surface area contributed by atoms with Crippen LogP contribution in [0.4, 0.5) is 4.39 Å². The smallest absolute Gasteiger partial charge is 0.332 e. The molecule has 3 N–H and O–H groups in total. The van der Waals surface area contributed by atoms with E-state index in [1.807, 2.05) is 18.2 Å². The Hall–Kier alpha value is -2.93. The van der Waals surface area contributed by atoms with Gasteiger partial charge in [0.1, 0.15) is 5.82 Å². The van der Waals surface area contributed by atoms with Crippen molar-refractivity contribution in [2.45, 2.75) is 45.2 Å². The second-order valence-corrected chi connectivity index (χ2v) is 7.86. The zero-order chi connectivity index (χ0) is 19.7. The Kier molecular flexibility index (Phi) is 3.55. The Balaban J connectivity index is 1.85. The number of rotatable bonds is 2. The van der Waals surface area contributed by atoms with Gasteiger partial charge in [0.25, 0.3) is 5.56 Å². The zero-order valence-electron chi connectivity index (χ0n) is 15.8. The van der Waals surface area contributed by atoms with Gasteiger partial charge in [-0.25, -0.2) is 9.18 Å². The number of halogens is 1. The van der Waals surface area contributed by atoms with Gasteiger partial charge in [0.05, 0.1) is 11.7 Å². The quantitative estimate of drug-likeness (QED) is 0.669. The number of fused-ring (bicyclic) bond motifs is 2. The number of hydrogen-bond donors (Lipinski definition) is 2. The summed E-state index contributed by atoms with van der Waals surface area (Å²) in [7, 11) is 0. The molecule has 0 amide bonds. The van der Waals surface area contributed by atoms with E-state index in [0.29, 0.717) is 26.9 Å². The topological polar surface area (TPSA) is 81.5 Å². The summed E-state index contributed by atoms with van der Waals surface area (Å²) in [6, 6.07) is 6.19. The molecule has 0 radical (unpaired) electrons. The lowest BCUT2D eigenvalue weighted by molar-refractivity contribution is 0.616. The van der Waals surface area contributed by atoms with Crippen molar-refractivity contribution in [1.82, 2.24) is 14.4 Å². The molecule has 3 aromatic rings. The minimum Gasteiger partial charge on any atom is -0.332 e. The summed E-state index contributed by atoms with van der Waals surface area (Å²) >= 11 is 0. The zero-order valence-corrected chi connectivity index (χ0v) is 15.8. The molecule has 1 aliphatic heterocycles.